The highest BCUT2D eigenvalue weighted by Gasteiger charge is 2.21. The highest BCUT2D eigenvalue weighted by molar-refractivity contribution is 7.95. The topological polar surface area (TPSA) is 80.4 Å². The first-order valence-electron chi connectivity index (χ1n) is 2.87. The monoisotopic (exact) mass is 165 g/mol. The van der Waals surface area contributed by atoms with Gasteiger partial charge in [0.15, 0.2) is 0 Å². The molecule has 0 heterocycles. The molecule has 0 aliphatic carbocycles. The molecule has 0 amide bonds. The zero-order chi connectivity index (χ0) is 8.31. The minimum absolute atomic E-state index is 0.0939. The summed E-state index contributed by atoms with van der Waals surface area (Å²) in [5, 5.41) is -0.810. The lowest BCUT2D eigenvalue weighted by atomic mass is 10.1. The van der Waals surface area contributed by atoms with Crippen LogP contribution in [-0.2, 0) is 15.9 Å². The SMILES string of the molecule is CC(C)[C@H](N)C(=O)S(=O)O. The molecule has 0 aliphatic heterocycles. The van der Waals surface area contributed by atoms with Gasteiger partial charge in [-0.15, -0.1) is 0 Å². The van der Waals surface area contributed by atoms with Crippen molar-refractivity contribution < 1.29 is 13.6 Å². The van der Waals surface area contributed by atoms with Gasteiger partial charge in [-0.3, -0.25) is 9.35 Å². The van der Waals surface area contributed by atoms with Crippen molar-refractivity contribution in [1.29, 1.82) is 0 Å². The number of rotatable bonds is 2. The van der Waals surface area contributed by atoms with Crippen molar-refractivity contribution in [1.82, 2.24) is 0 Å². The summed E-state index contributed by atoms with van der Waals surface area (Å²) in [6, 6.07) is -0.828. The fraction of sp³-hybridized carbons (Fsp3) is 0.800. The zero-order valence-electron chi connectivity index (χ0n) is 5.90. The summed E-state index contributed by atoms with van der Waals surface area (Å²) in [7, 11) is 0. The van der Waals surface area contributed by atoms with Gasteiger partial charge in [0.05, 0.1) is 6.04 Å². The van der Waals surface area contributed by atoms with E-state index in [2.05, 4.69) is 0 Å². The summed E-state index contributed by atoms with van der Waals surface area (Å²) in [4.78, 5) is 10.6. The summed E-state index contributed by atoms with van der Waals surface area (Å²) < 4.78 is 18.4. The van der Waals surface area contributed by atoms with E-state index < -0.39 is 22.2 Å². The molecular weight excluding hydrogens is 154 g/mol. The van der Waals surface area contributed by atoms with Gasteiger partial charge in [0.1, 0.15) is 0 Å². The van der Waals surface area contributed by atoms with E-state index >= 15 is 0 Å². The molecule has 2 atom stereocenters. The van der Waals surface area contributed by atoms with E-state index in [4.69, 9.17) is 10.3 Å². The third kappa shape index (κ3) is 2.55. The van der Waals surface area contributed by atoms with Gasteiger partial charge in [-0.05, 0) is 5.92 Å². The van der Waals surface area contributed by atoms with E-state index in [1.165, 1.54) is 0 Å². The van der Waals surface area contributed by atoms with Crippen LogP contribution in [0.5, 0.6) is 0 Å². The molecule has 5 heteroatoms. The molecule has 60 valence electrons. The predicted octanol–water partition coefficient (Wildman–Crippen LogP) is -0.282. The Labute approximate surface area is 62.1 Å². The van der Waals surface area contributed by atoms with Crippen LogP contribution in [0.4, 0.5) is 0 Å². The van der Waals surface area contributed by atoms with Crippen LogP contribution in [0, 0.1) is 5.92 Å². The van der Waals surface area contributed by atoms with Crippen molar-refractivity contribution in [3.8, 4) is 0 Å². The van der Waals surface area contributed by atoms with Crippen LogP contribution in [0.2, 0.25) is 0 Å². The Hall–Kier alpha value is -0.260. The summed E-state index contributed by atoms with van der Waals surface area (Å²) in [6.07, 6.45) is 0. The van der Waals surface area contributed by atoms with Crippen LogP contribution >= 0.6 is 0 Å². The molecule has 1 unspecified atom stereocenters. The smallest absolute Gasteiger partial charge is 0.262 e. The molecule has 3 N–H and O–H groups in total. The molecule has 0 aromatic carbocycles. The van der Waals surface area contributed by atoms with Gasteiger partial charge in [0.2, 0.25) is 11.1 Å². The normalized spacial score (nSPS) is 16.9. The van der Waals surface area contributed by atoms with Crippen LogP contribution in [0.15, 0.2) is 0 Å². The molecule has 0 aromatic heterocycles. The lowest BCUT2D eigenvalue weighted by molar-refractivity contribution is -0.113. The molecule has 0 rings (SSSR count). The Bertz CT molecular complexity index is 157. The predicted molar refractivity (Wildman–Crippen MR) is 38.6 cm³/mol. The van der Waals surface area contributed by atoms with Gasteiger partial charge in [0, 0.05) is 0 Å². The Morgan fingerprint density at radius 3 is 2.10 bits per heavy atom. The molecule has 0 fully saturated rings. The van der Waals surface area contributed by atoms with Gasteiger partial charge in [-0.25, -0.2) is 4.21 Å². The van der Waals surface area contributed by atoms with Gasteiger partial charge >= 0.3 is 0 Å². The maximum atomic E-state index is 10.6. The Balaban J connectivity index is 4.08. The van der Waals surface area contributed by atoms with Crippen molar-refractivity contribution in [3.05, 3.63) is 0 Å². The Morgan fingerprint density at radius 2 is 2.00 bits per heavy atom. The molecular formula is C5H11NO3S. The molecule has 0 radical (unpaired) electrons. The Kier molecular flexibility index (Phi) is 3.70. The molecule has 0 aliphatic rings. The molecule has 0 aromatic rings. The van der Waals surface area contributed by atoms with Crippen molar-refractivity contribution in [2.75, 3.05) is 0 Å². The Morgan fingerprint density at radius 1 is 1.60 bits per heavy atom. The van der Waals surface area contributed by atoms with Crippen molar-refractivity contribution in [2.45, 2.75) is 19.9 Å². The maximum Gasteiger partial charge on any atom is 0.262 e. The lowest BCUT2D eigenvalue weighted by Crippen LogP contribution is -2.37. The second-order valence-electron chi connectivity index (χ2n) is 2.34. The van der Waals surface area contributed by atoms with Gasteiger partial charge in [-0.1, -0.05) is 13.8 Å². The summed E-state index contributed by atoms with van der Waals surface area (Å²) >= 11 is -2.42. The number of carbonyl (C=O) groups excluding carboxylic acids is 1. The van der Waals surface area contributed by atoms with E-state index in [1.807, 2.05) is 0 Å². The van der Waals surface area contributed by atoms with Gasteiger partial charge in [-0.2, -0.15) is 0 Å². The number of hydrogen-bond acceptors (Lipinski definition) is 3. The van der Waals surface area contributed by atoms with Crippen LogP contribution < -0.4 is 5.73 Å². The van der Waals surface area contributed by atoms with E-state index in [9.17, 15) is 9.00 Å². The maximum absolute atomic E-state index is 10.6. The summed E-state index contributed by atoms with van der Waals surface area (Å²) in [5.74, 6) is -0.0939. The van der Waals surface area contributed by atoms with Gasteiger partial charge in [0.25, 0.3) is 5.12 Å². The summed E-state index contributed by atoms with van der Waals surface area (Å²) in [5.41, 5.74) is 5.26. The quantitative estimate of drug-likeness (QED) is 0.551. The molecule has 0 spiro atoms. The molecule has 0 saturated heterocycles. The largest absolute Gasteiger partial charge is 0.320 e. The first kappa shape index (κ1) is 9.74. The fourth-order valence-corrected chi connectivity index (χ4v) is 0.894. The van der Waals surface area contributed by atoms with Crippen LogP contribution in [0.3, 0.4) is 0 Å². The van der Waals surface area contributed by atoms with Crippen LogP contribution in [0.1, 0.15) is 13.8 Å². The third-order valence-corrected chi connectivity index (χ3v) is 1.78. The van der Waals surface area contributed by atoms with Crippen LogP contribution in [-0.4, -0.2) is 19.9 Å². The lowest BCUT2D eigenvalue weighted by Gasteiger charge is -2.10. The molecule has 4 nitrogen and oxygen atoms in total. The van der Waals surface area contributed by atoms with Crippen molar-refractivity contribution in [2.24, 2.45) is 11.7 Å². The van der Waals surface area contributed by atoms with E-state index in [-0.39, 0.29) is 5.92 Å². The van der Waals surface area contributed by atoms with E-state index in [1.54, 1.807) is 13.8 Å². The number of hydrogen-bond donors (Lipinski definition) is 2. The first-order valence-corrected chi connectivity index (χ1v) is 3.97. The standard InChI is InChI=1S/C5H11NO3S/c1-3(2)4(6)5(7)10(8)9/h3-4H,6H2,1-2H3,(H,8,9)/t4-/m0/s1. The molecule has 0 bridgehead atoms. The number of nitrogens with two attached hydrogens (primary N) is 1. The van der Waals surface area contributed by atoms with Gasteiger partial charge < -0.3 is 5.73 Å². The zero-order valence-corrected chi connectivity index (χ0v) is 6.72. The second-order valence-corrected chi connectivity index (χ2v) is 3.24. The average Bonchev–Trinajstić information content (AvgIpc) is 1.84. The minimum atomic E-state index is -2.42. The third-order valence-electron chi connectivity index (χ3n) is 1.16. The van der Waals surface area contributed by atoms with E-state index in [0.717, 1.165) is 0 Å². The average molecular weight is 165 g/mol. The fourth-order valence-electron chi connectivity index (χ4n) is 0.389. The van der Waals surface area contributed by atoms with Crippen molar-refractivity contribution in [3.63, 3.8) is 0 Å². The van der Waals surface area contributed by atoms with Crippen molar-refractivity contribution >= 4 is 16.2 Å². The van der Waals surface area contributed by atoms with E-state index in [0.29, 0.717) is 0 Å². The minimum Gasteiger partial charge on any atom is -0.320 e. The first-order chi connectivity index (χ1) is 4.46. The highest BCUT2D eigenvalue weighted by Crippen LogP contribution is 2.00. The highest BCUT2D eigenvalue weighted by atomic mass is 32.2. The van der Waals surface area contributed by atoms with Crippen LogP contribution in [0.25, 0.3) is 0 Å². The molecule has 0 saturated carbocycles. The second kappa shape index (κ2) is 3.80. The summed E-state index contributed by atoms with van der Waals surface area (Å²) in [6.45, 7) is 3.44. The number of carbonyl (C=O) groups is 1. The molecule has 10 heavy (non-hydrogen) atoms.